The zero-order valence-electron chi connectivity index (χ0n) is 12.1. The number of anilines is 2. The lowest BCUT2D eigenvalue weighted by atomic mass is 10.0. The Morgan fingerprint density at radius 2 is 1.90 bits per heavy atom. The van der Waals surface area contributed by atoms with E-state index < -0.39 is 0 Å². The molecule has 2 rings (SSSR count). The van der Waals surface area contributed by atoms with E-state index in [1.165, 1.54) is 24.3 Å². The maximum atomic E-state index is 6.00. The standard InChI is InChI=1S/C13H22ClN5S/c1-3-19(4-2)13-17-11(14)16-12(18-13)15-9-10-5-7-20-8-6-10/h10H,3-9H2,1-2H3,(H,15,16,17,18). The molecule has 0 aromatic carbocycles. The van der Waals surface area contributed by atoms with Crippen molar-refractivity contribution in [2.24, 2.45) is 5.92 Å². The third-order valence-electron chi connectivity index (χ3n) is 3.53. The number of rotatable bonds is 6. The average Bonchev–Trinajstić information content (AvgIpc) is 2.47. The molecule has 20 heavy (non-hydrogen) atoms. The molecular weight excluding hydrogens is 294 g/mol. The second-order valence-corrected chi connectivity index (χ2v) is 6.40. The predicted octanol–water partition coefficient (Wildman–Crippen LogP) is 2.93. The zero-order valence-corrected chi connectivity index (χ0v) is 13.7. The van der Waals surface area contributed by atoms with Crippen LogP contribution in [0, 0.1) is 5.92 Å². The fourth-order valence-electron chi connectivity index (χ4n) is 2.25. The molecule has 1 aliphatic rings. The fraction of sp³-hybridized carbons (Fsp3) is 0.769. The topological polar surface area (TPSA) is 53.9 Å². The summed E-state index contributed by atoms with van der Waals surface area (Å²) in [6.07, 6.45) is 2.53. The van der Waals surface area contributed by atoms with Crippen LogP contribution in [0.4, 0.5) is 11.9 Å². The van der Waals surface area contributed by atoms with Crippen LogP contribution in [0.1, 0.15) is 26.7 Å². The van der Waals surface area contributed by atoms with E-state index in [-0.39, 0.29) is 5.28 Å². The summed E-state index contributed by atoms with van der Waals surface area (Å²) in [5, 5.41) is 3.57. The minimum absolute atomic E-state index is 0.253. The number of nitrogens with zero attached hydrogens (tertiary/aromatic N) is 4. The van der Waals surface area contributed by atoms with Crippen LogP contribution in [0.15, 0.2) is 0 Å². The van der Waals surface area contributed by atoms with E-state index in [2.05, 4.69) is 39.0 Å². The summed E-state index contributed by atoms with van der Waals surface area (Å²) in [6.45, 7) is 6.78. The highest BCUT2D eigenvalue weighted by molar-refractivity contribution is 7.99. The second kappa shape index (κ2) is 7.88. The highest BCUT2D eigenvalue weighted by atomic mass is 35.5. The molecular formula is C13H22ClN5S. The van der Waals surface area contributed by atoms with E-state index >= 15 is 0 Å². The normalized spacial score (nSPS) is 16.1. The van der Waals surface area contributed by atoms with Crippen LogP contribution in [0.5, 0.6) is 0 Å². The third kappa shape index (κ3) is 4.38. The van der Waals surface area contributed by atoms with Gasteiger partial charge in [0, 0.05) is 19.6 Å². The van der Waals surface area contributed by atoms with Crippen molar-refractivity contribution in [2.45, 2.75) is 26.7 Å². The highest BCUT2D eigenvalue weighted by Gasteiger charge is 2.15. The zero-order chi connectivity index (χ0) is 14.4. The molecule has 0 bridgehead atoms. The number of nitrogens with one attached hydrogen (secondary N) is 1. The largest absolute Gasteiger partial charge is 0.354 e. The molecule has 1 N–H and O–H groups in total. The van der Waals surface area contributed by atoms with E-state index in [0.717, 1.165) is 19.6 Å². The van der Waals surface area contributed by atoms with Gasteiger partial charge in [-0.15, -0.1) is 0 Å². The van der Waals surface area contributed by atoms with Crippen LogP contribution in [0.3, 0.4) is 0 Å². The Kier molecular flexibility index (Phi) is 6.16. The van der Waals surface area contributed by atoms with E-state index in [9.17, 15) is 0 Å². The Morgan fingerprint density at radius 1 is 1.20 bits per heavy atom. The van der Waals surface area contributed by atoms with E-state index in [4.69, 9.17) is 11.6 Å². The first kappa shape index (κ1) is 15.6. The number of aromatic nitrogens is 3. The van der Waals surface area contributed by atoms with Crippen LogP contribution >= 0.6 is 23.4 Å². The molecule has 0 saturated carbocycles. The molecule has 112 valence electrons. The van der Waals surface area contributed by atoms with Gasteiger partial charge < -0.3 is 10.2 Å². The number of hydrogen-bond acceptors (Lipinski definition) is 6. The Bertz CT molecular complexity index is 421. The minimum Gasteiger partial charge on any atom is -0.354 e. The van der Waals surface area contributed by atoms with Gasteiger partial charge in [-0.3, -0.25) is 0 Å². The first-order chi connectivity index (χ1) is 9.72. The molecule has 0 radical (unpaired) electrons. The smallest absolute Gasteiger partial charge is 0.231 e. The lowest BCUT2D eigenvalue weighted by Gasteiger charge is -2.22. The van der Waals surface area contributed by atoms with Crippen LogP contribution in [0.25, 0.3) is 0 Å². The lowest BCUT2D eigenvalue weighted by Crippen LogP contribution is -2.25. The van der Waals surface area contributed by atoms with Crippen molar-refractivity contribution >= 4 is 35.3 Å². The van der Waals surface area contributed by atoms with Gasteiger partial charge in [-0.1, -0.05) is 0 Å². The third-order valence-corrected chi connectivity index (χ3v) is 4.75. The lowest BCUT2D eigenvalue weighted by molar-refractivity contribution is 0.514. The Balaban J connectivity index is 1.99. The van der Waals surface area contributed by atoms with Gasteiger partial charge in [0.1, 0.15) is 0 Å². The van der Waals surface area contributed by atoms with E-state index in [1.54, 1.807) is 0 Å². The molecule has 1 aliphatic heterocycles. The van der Waals surface area contributed by atoms with Gasteiger partial charge in [0.05, 0.1) is 0 Å². The summed E-state index contributed by atoms with van der Waals surface area (Å²) in [6, 6.07) is 0. The van der Waals surface area contributed by atoms with Crippen LogP contribution in [-0.2, 0) is 0 Å². The van der Waals surface area contributed by atoms with Crippen molar-refractivity contribution in [1.29, 1.82) is 0 Å². The highest BCUT2D eigenvalue weighted by Crippen LogP contribution is 2.23. The SMILES string of the molecule is CCN(CC)c1nc(Cl)nc(NCC2CCSCC2)n1. The maximum absolute atomic E-state index is 6.00. The number of hydrogen-bond donors (Lipinski definition) is 1. The van der Waals surface area contributed by atoms with Gasteiger partial charge in [-0.05, 0) is 55.7 Å². The van der Waals surface area contributed by atoms with Crippen molar-refractivity contribution in [3.05, 3.63) is 5.28 Å². The molecule has 2 heterocycles. The van der Waals surface area contributed by atoms with Crippen molar-refractivity contribution in [1.82, 2.24) is 15.0 Å². The van der Waals surface area contributed by atoms with Crippen molar-refractivity contribution in [3.63, 3.8) is 0 Å². The molecule has 0 unspecified atom stereocenters. The van der Waals surface area contributed by atoms with E-state index in [0.29, 0.717) is 17.8 Å². The van der Waals surface area contributed by atoms with Gasteiger partial charge in [-0.25, -0.2) is 0 Å². The Labute approximate surface area is 129 Å². The predicted molar refractivity (Wildman–Crippen MR) is 86.9 cm³/mol. The minimum atomic E-state index is 0.253. The van der Waals surface area contributed by atoms with Gasteiger partial charge in [0.2, 0.25) is 17.2 Å². The first-order valence-corrected chi connectivity index (χ1v) is 8.74. The first-order valence-electron chi connectivity index (χ1n) is 7.21. The molecule has 1 fully saturated rings. The molecule has 1 aromatic rings. The van der Waals surface area contributed by atoms with E-state index in [1.807, 2.05) is 11.8 Å². The monoisotopic (exact) mass is 315 g/mol. The van der Waals surface area contributed by atoms with Crippen molar-refractivity contribution in [2.75, 3.05) is 41.4 Å². The average molecular weight is 316 g/mol. The summed E-state index contributed by atoms with van der Waals surface area (Å²) in [5.41, 5.74) is 0. The van der Waals surface area contributed by atoms with Crippen molar-refractivity contribution < 1.29 is 0 Å². The fourth-order valence-corrected chi connectivity index (χ4v) is 3.61. The number of halogens is 1. The summed E-state index contributed by atoms with van der Waals surface area (Å²) in [4.78, 5) is 14.9. The van der Waals surface area contributed by atoms with Gasteiger partial charge >= 0.3 is 0 Å². The molecule has 0 atom stereocenters. The molecule has 0 aliphatic carbocycles. The summed E-state index contributed by atoms with van der Waals surface area (Å²) < 4.78 is 0. The van der Waals surface area contributed by atoms with Gasteiger partial charge in [0.25, 0.3) is 0 Å². The summed E-state index contributed by atoms with van der Waals surface area (Å²) >= 11 is 8.04. The van der Waals surface area contributed by atoms with Gasteiger partial charge in [0.15, 0.2) is 0 Å². The molecule has 1 saturated heterocycles. The Morgan fingerprint density at radius 3 is 2.55 bits per heavy atom. The quantitative estimate of drug-likeness (QED) is 0.871. The summed E-state index contributed by atoms with van der Waals surface area (Å²) in [7, 11) is 0. The number of thioether (sulfide) groups is 1. The van der Waals surface area contributed by atoms with Crippen molar-refractivity contribution in [3.8, 4) is 0 Å². The molecule has 0 spiro atoms. The summed E-state index contributed by atoms with van der Waals surface area (Å²) in [5.74, 6) is 4.47. The van der Waals surface area contributed by atoms with Gasteiger partial charge in [-0.2, -0.15) is 26.7 Å². The second-order valence-electron chi connectivity index (χ2n) is 4.84. The molecule has 5 nitrogen and oxygen atoms in total. The van der Waals surface area contributed by atoms with Crippen LogP contribution in [0.2, 0.25) is 5.28 Å². The maximum Gasteiger partial charge on any atom is 0.231 e. The molecule has 1 aromatic heterocycles. The van der Waals surface area contributed by atoms with Crippen LogP contribution in [-0.4, -0.2) is 46.1 Å². The van der Waals surface area contributed by atoms with Crippen LogP contribution < -0.4 is 10.2 Å². The molecule has 0 amide bonds. The Hall–Kier alpha value is -0.750. The molecule has 7 heteroatoms.